The van der Waals surface area contributed by atoms with Crippen molar-refractivity contribution in [1.82, 2.24) is 10.6 Å². The van der Waals surface area contributed by atoms with Crippen LogP contribution in [-0.4, -0.2) is 43.0 Å². The number of nitrogens with one attached hydrogen (secondary N) is 3. The van der Waals surface area contributed by atoms with Gasteiger partial charge in [0.2, 0.25) is 5.91 Å². The van der Waals surface area contributed by atoms with E-state index in [1.165, 1.54) is 12.1 Å². The van der Waals surface area contributed by atoms with Crippen molar-refractivity contribution in [3.8, 4) is 5.75 Å². The third-order valence-corrected chi connectivity index (χ3v) is 5.82. The Hall–Kier alpha value is -4.40. The first-order chi connectivity index (χ1) is 17.3. The molecule has 0 heterocycles. The highest BCUT2D eigenvalue weighted by Gasteiger charge is 2.28. The molecule has 3 N–H and O–H groups in total. The second kappa shape index (κ2) is 12.3. The van der Waals surface area contributed by atoms with Crippen molar-refractivity contribution in [2.24, 2.45) is 0 Å². The van der Waals surface area contributed by atoms with Gasteiger partial charge in [-0.25, -0.2) is 0 Å². The Balaban J connectivity index is 1.69. The first-order valence-electron chi connectivity index (χ1n) is 11.6. The first kappa shape index (κ1) is 26.2. The summed E-state index contributed by atoms with van der Waals surface area (Å²) in [5.41, 5.74) is 2.91. The van der Waals surface area contributed by atoms with Crippen molar-refractivity contribution in [3.05, 3.63) is 99.6 Å². The normalized spacial score (nSPS) is 12.2. The number of hydrogen-bond donors (Lipinski definition) is 3. The van der Waals surface area contributed by atoms with Crippen LogP contribution in [0.1, 0.15) is 34.3 Å². The van der Waals surface area contributed by atoms with Crippen LogP contribution in [0.2, 0.25) is 0 Å². The lowest BCUT2D eigenvalue weighted by molar-refractivity contribution is -0.384. The number of ether oxygens (including phenoxy) is 1. The molecule has 3 aromatic carbocycles. The monoisotopic (exact) mass is 490 g/mol. The summed E-state index contributed by atoms with van der Waals surface area (Å²) in [7, 11) is 1.60. The van der Waals surface area contributed by atoms with Gasteiger partial charge in [0.05, 0.1) is 12.0 Å². The quantitative estimate of drug-likeness (QED) is 0.212. The standard InChI is InChI=1S/C27H30N4O5/c1-18-5-4-6-21(17-18)26(32)30-25(19(2)20-7-11-23(12-8-20)31(34)35)27(33)29-16-15-28-22-9-13-24(36-3)14-10-22/h4-14,17,19,25,28H,15-16H2,1-3H3,(H,29,33)(H,30,32). The number of anilines is 1. The molecular formula is C27H30N4O5. The predicted octanol–water partition coefficient (Wildman–Crippen LogP) is 4.04. The van der Waals surface area contributed by atoms with E-state index in [-0.39, 0.29) is 17.5 Å². The number of methoxy groups -OCH3 is 1. The van der Waals surface area contributed by atoms with Gasteiger partial charge in [0.1, 0.15) is 11.8 Å². The Morgan fingerprint density at radius 1 is 1.00 bits per heavy atom. The van der Waals surface area contributed by atoms with Gasteiger partial charge in [-0.05, 0) is 48.9 Å². The van der Waals surface area contributed by atoms with Crippen LogP contribution in [0.25, 0.3) is 0 Å². The van der Waals surface area contributed by atoms with Crippen LogP contribution < -0.4 is 20.7 Å². The third-order valence-electron chi connectivity index (χ3n) is 5.82. The molecule has 188 valence electrons. The van der Waals surface area contributed by atoms with Crippen LogP contribution in [0.5, 0.6) is 5.75 Å². The minimum absolute atomic E-state index is 0.0413. The summed E-state index contributed by atoms with van der Waals surface area (Å²) in [6, 6.07) is 19.6. The number of non-ortho nitro benzene ring substituents is 1. The molecule has 36 heavy (non-hydrogen) atoms. The molecule has 3 aromatic rings. The second-order valence-corrected chi connectivity index (χ2v) is 8.40. The molecule has 0 aromatic heterocycles. The lowest BCUT2D eigenvalue weighted by Crippen LogP contribution is -2.50. The van der Waals surface area contributed by atoms with Crippen LogP contribution >= 0.6 is 0 Å². The van der Waals surface area contributed by atoms with E-state index in [1.807, 2.05) is 37.3 Å². The molecule has 0 bridgehead atoms. The summed E-state index contributed by atoms with van der Waals surface area (Å²) in [5.74, 6) is -0.405. The summed E-state index contributed by atoms with van der Waals surface area (Å²) >= 11 is 0. The topological polar surface area (TPSA) is 123 Å². The van der Waals surface area contributed by atoms with E-state index in [9.17, 15) is 19.7 Å². The molecule has 9 nitrogen and oxygen atoms in total. The Bertz CT molecular complexity index is 1200. The Morgan fingerprint density at radius 2 is 1.69 bits per heavy atom. The lowest BCUT2D eigenvalue weighted by atomic mass is 9.92. The van der Waals surface area contributed by atoms with E-state index < -0.39 is 16.9 Å². The highest BCUT2D eigenvalue weighted by atomic mass is 16.6. The molecule has 3 rings (SSSR count). The van der Waals surface area contributed by atoms with Crippen molar-refractivity contribution in [2.45, 2.75) is 25.8 Å². The van der Waals surface area contributed by atoms with Crippen LogP contribution in [0.4, 0.5) is 11.4 Å². The summed E-state index contributed by atoms with van der Waals surface area (Å²) in [6.07, 6.45) is 0. The fraction of sp³-hybridized carbons (Fsp3) is 0.259. The number of aryl methyl sites for hydroxylation is 1. The van der Waals surface area contributed by atoms with E-state index in [2.05, 4.69) is 16.0 Å². The number of benzene rings is 3. The lowest BCUT2D eigenvalue weighted by Gasteiger charge is -2.25. The Kier molecular flexibility index (Phi) is 8.99. The van der Waals surface area contributed by atoms with Crippen LogP contribution in [0.15, 0.2) is 72.8 Å². The first-order valence-corrected chi connectivity index (χ1v) is 11.6. The molecule has 2 unspecified atom stereocenters. The van der Waals surface area contributed by atoms with Gasteiger partial charge >= 0.3 is 0 Å². The van der Waals surface area contributed by atoms with Gasteiger partial charge in [-0.1, -0.05) is 36.8 Å². The average Bonchev–Trinajstić information content (AvgIpc) is 2.89. The molecular weight excluding hydrogens is 460 g/mol. The molecule has 0 fully saturated rings. The van der Waals surface area contributed by atoms with Gasteiger partial charge in [-0.2, -0.15) is 0 Å². The number of amides is 2. The van der Waals surface area contributed by atoms with Gasteiger partial charge in [0, 0.05) is 42.4 Å². The zero-order valence-corrected chi connectivity index (χ0v) is 20.5. The van der Waals surface area contributed by atoms with Gasteiger partial charge in [-0.15, -0.1) is 0 Å². The van der Waals surface area contributed by atoms with E-state index in [0.717, 1.165) is 17.0 Å². The average molecular weight is 491 g/mol. The number of nitro benzene ring substituents is 1. The maximum Gasteiger partial charge on any atom is 0.269 e. The Labute approximate surface area is 210 Å². The van der Waals surface area contributed by atoms with Gasteiger partial charge in [-0.3, -0.25) is 19.7 Å². The molecule has 0 aliphatic carbocycles. The number of nitro groups is 1. The minimum atomic E-state index is -0.888. The van der Waals surface area contributed by atoms with E-state index >= 15 is 0 Å². The molecule has 9 heteroatoms. The van der Waals surface area contributed by atoms with Crippen molar-refractivity contribution in [2.75, 3.05) is 25.5 Å². The summed E-state index contributed by atoms with van der Waals surface area (Å²) < 4.78 is 5.15. The molecule has 0 radical (unpaired) electrons. The SMILES string of the molecule is COc1ccc(NCCNC(=O)C(NC(=O)c2cccc(C)c2)C(C)c2ccc([N+](=O)[O-])cc2)cc1. The predicted molar refractivity (Wildman–Crippen MR) is 138 cm³/mol. The summed E-state index contributed by atoms with van der Waals surface area (Å²) in [6.45, 7) is 4.49. The molecule has 2 amide bonds. The molecule has 2 atom stereocenters. The highest BCUT2D eigenvalue weighted by Crippen LogP contribution is 2.23. The molecule has 0 saturated carbocycles. The summed E-state index contributed by atoms with van der Waals surface area (Å²) in [5, 5.41) is 19.9. The minimum Gasteiger partial charge on any atom is -0.497 e. The summed E-state index contributed by atoms with van der Waals surface area (Å²) in [4.78, 5) is 36.7. The second-order valence-electron chi connectivity index (χ2n) is 8.40. The molecule has 0 aliphatic heterocycles. The fourth-order valence-electron chi connectivity index (χ4n) is 3.73. The van der Waals surface area contributed by atoms with Gasteiger partial charge in [0.15, 0.2) is 0 Å². The van der Waals surface area contributed by atoms with Gasteiger partial charge in [0.25, 0.3) is 11.6 Å². The Morgan fingerprint density at radius 3 is 2.31 bits per heavy atom. The molecule has 0 spiro atoms. The van der Waals surface area contributed by atoms with Crippen molar-refractivity contribution in [3.63, 3.8) is 0 Å². The highest BCUT2D eigenvalue weighted by molar-refractivity contribution is 5.98. The maximum atomic E-state index is 13.2. The van der Waals surface area contributed by atoms with Crippen LogP contribution in [0, 0.1) is 17.0 Å². The molecule has 0 aliphatic rings. The number of hydrogen-bond acceptors (Lipinski definition) is 6. The van der Waals surface area contributed by atoms with Crippen LogP contribution in [0.3, 0.4) is 0 Å². The van der Waals surface area contributed by atoms with Crippen molar-refractivity contribution in [1.29, 1.82) is 0 Å². The number of rotatable bonds is 11. The fourth-order valence-corrected chi connectivity index (χ4v) is 3.73. The van der Waals surface area contributed by atoms with E-state index in [0.29, 0.717) is 24.2 Å². The van der Waals surface area contributed by atoms with Crippen molar-refractivity contribution >= 4 is 23.2 Å². The largest absolute Gasteiger partial charge is 0.497 e. The zero-order valence-electron chi connectivity index (χ0n) is 20.5. The van der Waals surface area contributed by atoms with Gasteiger partial charge < -0.3 is 20.7 Å². The number of carbonyl (C=O) groups excluding carboxylic acids is 2. The third kappa shape index (κ3) is 7.05. The van der Waals surface area contributed by atoms with Crippen LogP contribution in [-0.2, 0) is 4.79 Å². The number of nitrogens with zero attached hydrogens (tertiary/aromatic N) is 1. The zero-order chi connectivity index (χ0) is 26.1. The molecule has 0 saturated heterocycles. The van der Waals surface area contributed by atoms with E-state index in [4.69, 9.17) is 4.74 Å². The van der Waals surface area contributed by atoms with Crippen molar-refractivity contribution < 1.29 is 19.2 Å². The maximum absolute atomic E-state index is 13.2. The smallest absolute Gasteiger partial charge is 0.269 e. The van der Waals surface area contributed by atoms with E-state index in [1.54, 1.807) is 44.4 Å². The number of carbonyl (C=O) groups is 2.